The van der Waals surface area contributed by atoms with Crippen LogP contribution in [0.2, 0.25) is 0 Å². The molecule has 0 bridgehead atoms. The lowest BCUT2D eigenvalue weighted by atomic mass is 10.0. The van der Waals surface area contributed by atoms with Crippen LogP contribution >= 0.6 is 0 Å². The highest BCUT2D eigenvalue weighted by Crippen LogP contribution is 2.20. The second-order valence-electron chi connectivity index (χ2n) is 8.85. The summed E-state index contributed by atoms with van der Waals surface area (Å²) in [7, 11) is 0. The average Bonchev–Trinajstić information content (AvgIpc) is 2.78. The molecule has 2 rings (SSSR count). The largest absolute Gasteiger partial charge is 0.259 e. The molecule has 0 aliphatic rings. The third-order valence-electron chi connectivity index (χ3n) is 6.13. The molecule has 0 radical (unpaired) electrons. The number of fused-ring (bicyclic) bond motifs is 1. The van der Waals surface area contributed by atoms with Gasteiger partial charge in [-0.05, 0) is 28.8 Å². The van der Waals surface area contributed by atoms with Crippen LogP contribution in [0.25, 0.3) is 16.8 Å². The van der Waals surface area contributed by atoms with Crippen LogP contribution in [0.4, 0.5) is 0 Å². The summed E-state index contributed by atoms with van der Waals surface area (Å²) in [6, 6.07) is 14.2. The maximum absolute atomic E-state index is 11.5. The summed E-state index contributed by atoms with van der Waals surface area (Å²) in [5.74, 6) is 0. The summed E-state index contributed by atoms with van der Waals surface area (Å²) in [6.07, 6.45) is 20.5. The molecule has 0 unspecified atom stereocenters. The minimum Gasteiger partial charge on any atom is -0.259 e. The number of nitro groups is 1. The van der Waals surface area contributed by atoms with Crippen LogP contribution in [0.15, 0.2) is 48.2 Å². The Morgan fingerprint density at radius 2 is 1.26 bits per heavy atom. The first-order valence-corrected chi connectivity index (χ1v) is 12.5. The van der Waals surface area contributed by atoms with Crippen molar-refractivity contribution in [3.05, 3.63) is 63.8 Å². The zero-order valence-electron chi connectivity index (χ0n) is 19.5. The number of unbranched alkanes of at least 4 members (excludes halogenated alkanes) is 13. The highest BCUT2D eigenvalue weighted by molar-refractivity contribution is 5.84. The Bertz CT molecular complexity index is 796. The number of nitrogens with zero attached hydrogens (tertiary/aromatic N) is 1. The predicted octanol–water partition coefficient (Wildman–Crippen LogP) is 9.33. The Balaban J connectivity index is 1.57. The second kappa shape index (κ2) is 15.6. The summed E-state index contributed by atoms with van der Waals surface area (Å²) in [6.45, 7) is 2.27. The van der Waals surface area contributed by atoms with Crippen molar-refractivity contribution >= 4 is 16.8 Å². The smallest absolute Gasteiger partial charge is 0.246 e. The summed E-state index contributed by atoms with van der Waals surface area (Å²) in [5.41, 5.74) is 1.24. The van der Waals surface area contributed by atoms with Gasteiger partial charge in [0.25, 0.3) is 0 Å². The van der Waals surface area contributed by atoms with Crippen molar-refractivity contribution in [2.45, 2.75) is 103 Å². The zero-order valence-corrected chi connectivity index (χ0v) is 19.5. The lowest BCUT2D eigenvalue weighted by molar-refractivity contribution is -0.426. The standard InChI is InChI=1S/C28H41NO2/c1-2-3-4-5-6-7-8-9-10-11-12-13-14-15-20-28(29(30)31)24-25-21-22-26-18-16-17-19-27(26)23-25/h16-19,21-24H,2-15,20H2,1H3/b28-24-. The third kappa shape index (κ3) is 10.6. The van der Waals surface area contributed by atoms with E-state index in [0.717, 1.165) is 29.2 Å². The number of benzene rings is 2. The molecule has 31 heavy (non-hydrogen) atoms. The number of rotatable bonds is 17. The fraction of sp³-hybridized carbons (Fsp3) is 0.571. The van der Waals surface area contributed by atoms with E-state index in [2.05, 4.69) is 13.0 Å². The van der Waals surface area contributed by atoms with Crippen molar-refractivity contribution in [1.82, 2.24) is 0 Å². The van der Waals surface area contributed by atoms with Crippen LogP contribution in [0, 0.1) is 10.1 Å². The minimum absolute atomic E-state index is 0.211. The van der Waals surface area contributed by atoms with Gasteiger partial charge in [0, 0.05) is 12.5 Å². The molecule has 2 aromatic rings. The number of allylic oxidation sites excluding steroid dienone is 1. The van der Waals surface area contributed by atoms with E-state index < -0.39 is 0 Å². The molecule has 0 atom stereocenters. The first-order chi connectivity index (χ1) is 15.2. The fourth-order valence-electron chi connectivity index (χ4n) is 4.21. The van der Waals surface area contributed by atoms with E-state index in [9.17, 15) is 10.1 Å². The highest BCUT2D eigenvalue weighted by Gasteiger charge is 2.10. The molecule has 0 spiro atoms. The van der Waals surface area contributed by atoms with Gasteiger partial charge >= 0.3 is 0 Å². The summed E-state index contributed by atoms with van der Waals surface area (Å²) in [4.78, 5) is 11.3. The topological polar surface area (TPSA) is 43.1 Å². The van der Waals surface area contributed by atoms with Gasteiger partial charge in [0.2, 0.25) is 5.70 Å². The molecule has 170 valence electrons. The van der Waals surface area contributed by atoms with Crippen LogP contribution in [0.5, 0.6) is 0 Å². The van der Waals surface area contributed by atoms with Crippen LogP contribution in [-0.4, -0.2) is 4.92 Å². The number of hydrogen-bond donors (Lipinski definition) is 0. The van der Waals surface area contributed by atoms with E-state index >= 15 is 0 Å². The summed E-state index contributed by atoms with van der Waals surface area (Å²) < 4.78 is 0. The fourth-order valence-corrected chi connectivity index (χ4v) is 4.21. The molecule has 0 aliphatic carbocycles. The van der Waals surface area contributed by atoms with Crippen molar-refractivity contribution in [3.8, 4) is 0 Å². The van der Waals surface area contributed by atoms with E-state index in [-0.39, 0.29) is 4.92 Å². The SMILES string of the molecule is CCCCCCCCCCCCCCCC/C(=C/c1ccc2ccccc2c1)[N+](=O)[O-]. The first kappa shape index (κ1) is 25.1. The van der Waals surface area contributed by atoms with Crippen molar-refractivity contribution < 1.29 is 4.92 Å². The van der Waals surface area contributed by atoms with Crippen molar-refractivity contribution in [2.24, 2.45) is 0 Å². The van der Waals surface area contributed by atoms with Gasteiger partial charge in [-0.25, -0.2) is 0 Å². The van der Waals surface area contributed by atoms with E-state index in [4.69, 9.17) is 0 Å². The Labute approximate surface area is 189 Å². The summed E-state index contributed by atoms with van der Waals surface area (Å²) in [5, 5.41) is 13.8. The second-order valence-corrected chi connectivity index (χ2v) is 8.85. The van der Waals surface area contributed by atoms with Crippen LogP contribution < -0.4 is 0 Å². The Morgan fingerprint density at radius 1 is 0.742 bits per heavy atom. The maximum Gasteiger partial charge on any atom is 0.246 e. The van der Waals surface area contributed by atoms with Crippen molar-refractivity contribution in [3.63, 3.8) is 0 Å². The van der Waals surface area contributed by atoms with Gasteiger partial charge < -0.3 is 0 Å². The monoisotopic (exact) mass is 423 g/mol. The first-order valence-electron chi connectivity index (χ1n) is 12.5. The van der Waals surface area contributed by atoms with E-state index in [1.807, 2.05) is 36.4 Å². The lowest BCUT2D eigenvalue weighted by Gasteiger charge is -2.04. The molecule has 3 nitrogen and oxygen atoms in total. The normalized spacial score (nSPS) is 11.8. The number of hydrogen-bond acceptors (Lipinski definition) is 2. The van der Waals surface area contributed by atoms with Crippen LogP contribution in [0.1, 0.15) is 109 Å². The predicted molar refractivity (Wildman–Crippen MR) is 134 cm³/mol. The molecule has 0 heterocycles. The quantitative estimate of drug-likeness (QED) is 0.144. The Hall–Kier alpha value is -2.16. The molecular formula is C28H41NO2. The Morgan fingerprint density at radius 3 is 1.81 bits per heavy atom. The van der Waals surface area contributed by atoms with E-state index in [1.165, 1.54) is 77.0 Å². The highest BCUT2D eigenvalue weighted by atomic mass is 16.6. The van der Waals surface area contributed by atoms with Gasteiger partial charge in [0.1, 0.15) is 0 Å². The molecule has 0 saturated heterocycles. The van der Waals surface area contributed by atoms with Crippen LogP contribution in [0.3, 0.4) is 0 Å². The van der Waals surface area contributed by atoms with Gasteiger partial charge in [-0.15, -0.1) is 0 Å². The van der Waals surface area contributed by atoms with Crippen molar-refractivity contribution in [2.75, 3.05) is 0 Å². The molecule has 0 aromatic heterocycles. The third-order valence-corrected chi connectivity index (χ3v) is 6.13. The molecule has 0 fully saturated rings. The molecule has 0 amide bonds. The average molecular weight is 424 g/mol. The van der Waals surface area contributed by atoms with E-state index in [1.54, 1.807) is 6.08 Å². The Kier molecular flexibility index (Phi) is 12.6. The van der Waals surface area contributed by atoms with Gasteiger partial charge in [0.15, 0.2) is 0 Å². The summed E-state index contributed by atoms with van der Waals surface area (Å²) >= 11 is 0. The van der Waals surface area contributed by atoms with E-state index in [0.29, 0.717) is 12.1 Å². The van der Waals surface area contributed by atoms with Gasteiger partial charge in [-0.3, -0.25) is 10.1 Å². The molecule has 3 heteroatoms. The zero-order chi connectivity index (χ0) is 22.2. The van der Waals surface area contributed by atoms with Gasteiger partial charge in [-0.2, -0.15) is 0 Å². The van der Waals surface area contributed by atoms with Gasteiger partial charge in [0.05, 0.1) is 4.92 Å². The molecule has 0 saturated carbocycles. The molecule has 0 N–H and O–H groups in total. The lowest BCUT2D eigenvalue weighted by Crippen LogP contribution is -1.99. The molecule has 0 aliphatic heterocycles. The molecule has 2 aromatic carbocycles. The van der Waals surface area contributed by atoms with Crippen LogP contribution in [-0.2, 0) is 0 Å². The molecular weight excluding hydrogens is 382 g/mol. The maximum atomic E-state index is 11.5. The minimum atomic E-state index is -0.211. The van der Waals surface area contributed by atoms with Crippen molar-refractivity contribution in [1.29, 1.82) is 0 Å². The van der Waals surface area contributed by atoms with Gasteiger partial charge in [-0.1, -0.05) is 127 Å².